The summed E-state index contributed by atoms with van der Waals surface area (Å²) < 4.78 is 0. The molecule has 0 bridgehead atoms. The van der Waals surface area contributed by atoms with E-state index in [-0.39, 0.29) is 25.0 Å². The molecule has 0 radical (unpaired) electrons. The zero-order chi connectivity index (χ0) is 16.9. The van der Waals surface area contributed by atoms with Crippen LogP contribution in [0, 0.1) is 0 Å². The normalized spacial score (nSPS) is 25.8. The Kier molecular flexibility index (Phi) is 6.47. The van der Waals surface area contributed by atoms with Gasteiger partial charge in [0.15, 0.2) is 0 Å². The van der Waals surface area contributed by atoms with Crippen LogP contribution in [0.1, 0.15) is 19.8 Å². The predicted molar refractivity (Wildman–Crippen MR) is 77.1 cm³/mol. The minimum absolute atomic E-state index is 0.0629. The molecule has 9 heteroatoms. The molecule has 22 heavy (non-hydrogen) atoms. The number of nitrogens with one attached hydrogen (secondary N) is 2. The number of hydrogen-bond donors (Lipinski definition) is 6. The standard InChI is InChI=1S/C13H22N4O5/c1-6(12(15)21)16-13(22)7-4-8(11(20)9(18)5-7)17-10(19)2-3-14/h4,6,8-9,11,18,20H,2-3,5,14H2,1H3,(H2,15,21)(H,16,22)(H,17,19)/t6-,8-,9-,11-/m1/s1. The highest BCUT2D eigenvalue weighted by Crippen LogP contribution is 2.20. The minimum atomic E-state index is -1.23. The first-order valence-corrected chi connectivity index (χ1v) is 6.92. The van der Waals surface area contributed by atoms with Crippen molar-refractivity contribution in [3.63, 3.8) is 0 Å². The van der Waals surface area contributed by atoms with Gasteiger partial charge < -0.3 is 32.3 Å². The van der Waals surface area contributed by atoms with Crippen molar-refractivity contribution in [1.29, 1.82) is 0 Å². The lowest BCUT2D eigenvalue weighted by atomic mass is 9.89. The Hall–Kier alpha value is -1.97. The smallest absolute Gasteiger partial charge is 0.247 e. The van der Waals surface area contributed by atoms with Crippen molar-refractivity contribution in [2.24, 2.45) is 11.5 Å². The lowest BCUT2D eigenvalue weighted by molar-refractivity contribution is -0.125. The number of amides is 3. The van der Waals surface area contributed by atoms with Gasteiger partial charge in [0.25, 0.3) is 0 Å². The third-order valence-corrected chi connectivity index (χ3v) is 3.34. The van der Waals surface area contributed by atoms with E-state index in [1.54, 1.807) is 0 Å². The first-order valence-electron chi connectivity index (χ1n) is 6.92. The van der Waals surface area contributed by atoms with Crippen LogP contribution in [0.5, 0.6) is 0 Å². The molecule has 0 aromatic heterocycles. The van der Waals surface area contributed by atoms with Crippen LogP contribution in [0.15, 0.2) is 11.6 Å². The number of rotatable bonds is 6. The monoisotopic (exact) mass is 314 g/mol. The summed E-state index contributed by atoms with van der Waals surface area (Å²) >= 11 is 0. The molecule has 0 unspecified atom stereocenters. The molecule has 0 spiro atoms. The second kappa shape index (κ2) is 7.87. The number of carbonyl (C=O) groups excluding carboxylic acids is 3. The second-order valence-electron chi connectivity index (χ2n) is 5.18. The predicted octanol–water partition coefficient (Wildman–Crippen LogP) is -3.14. The molecule has 8 N–H and O–H groups in total. The van der Waals surface area contributed by atoms with Crippen molar-refractivity contribution >= 4 is 17.7 Å². The van der Waals surface area contributed by atoms with E-state index in [9.17, 15) is 24.6 Å². The molecule has 9 nitrogen and oxygen atoms in total. The average molecular weight is 314 g/mol. The third kappa shape index (κ3) is 4.79. The van der Waals surface area contributed by atoms with Gasteiger partial charge in [-0.25, -0.2) is 0 Å². The molecule has 0 aliphatic heterocycles. The van der Waals surface area contributed by atoms with Crippen LogP contribution in [0.25, 0.3) is 0 Å². The lowest BCUT2D eigenvalue weighted by Gasteiger charge is -2.31. The van der Waals surface area contributed by atoms with Gasteiger partial charge in [0.2, 0.25) is 17.7 Å². The van der Waals surface area contributed by atoms with Gasteiger partial charge in [-0.1, -0.05) is 6.08 Å². The Bertz CT molecular complexity index is 479. The summed E-state index contributed by atoms with van der Waals surface area (Å²) in [6.07, 6.45) is -1.12. The van der Waals surface area contributed by atoms with Crippen molar-refractivity contribution in [3.8, 4) is 0 Å². The Balaban J connectivity index is 2.82. The zero-order valence-electron chi connectivity index (χ0n) is 12.3. The van der Waals surface area contributed by atoms with E-state index in [2.05, 4.69) is 10.6 Å². The number of aliphatic hydroxyl groups is 2. The fraction of sp³-hybridized carbons (Fsp3) is 0.615. The van der Waals surface area contributed by atoms with E-state index < -0.39 is 42.0 Å². The number of carbonyl (C=O) groups is 3. The van der Waals surface area contributed by atoms with Crippen LogP contribution in [0.3, 0.4) is 0 Å². The molecule has 4 atom stereocenters. The van der Waals surface area contributed by atoms with Crippen LogP contribution in [-0.4, -0.2) is 58.8 Å². The summed E-state index contributed by atoms with van der Waals surface area (Å²) in [5.74, 6) is -1.68. The molecule has 1 aliphatic rings. The highest BCUT2D eigenvalue weighted by atomic mass is 16.3. The van der Waals surface area contributed by atoms with Crippen LogP contribution in [0.4, 0.5) is 0 Å². The fourth-order valence-corrected chi connectivity index (χ4v) is 2.01. The van der Waals surface area contributed by atoms with E-state index in [0.29, 0.717) is 0 Å². The van der Waals surface area contributed by atoms with Gasteiger partial charge >= 0.3 is 0 Å². The Morgan fingerprint density at radius 1 is 1.41 bits per heavy atom. The molecule has 0 aromatic rings. The molecule has 0 fully saturated rings. The van der Waals surface area contributed by atoms with Gasteiger partial charge in [0.1, 0.15) is 12.1 Å². The third-order valence-electron chi connectivity index (χ3n) is 3.34. The average Bonchev–Trinajstić information content (AvgIpc) is 2.43. The number of aliphatic hydroxyl groups excluding tert-OH is 2. The quantitative estimate of drug-likeness (QED) is 0.303. The lowest BCUT2D eigenvalue weighted by Crippen LogP contribution is -2.52. The van der Waals surface area contributed by atoms with Gasteiger partial charge in [0, 0.05) is 25.0 Å². The van der Waals surface area contributed by atoms with Crippen molar-refractivity contribution < 1.29 is 24.6 Å². The second-order valence-corrected chi connectivity index (χ2v) is 5.18. The molecule has 0 saturated heterocycles. The Morgan fingerprint density at radius 3 is 2.59 bits per heavy atom. The summed E-state index contributed by atoms with van der Waals surface area (Å²) in [6.45, 7) is 1.57. The van der Waals surface area contributed by atoms with E-state index >= 15 is 0 Å². The highest BCUT2D eigenvalue weighted by molar-refractivity contribution is 5.97. The molecule has 0 saturated carbocycles. The first kappa shape index (κ1) is 18.1. The molecule has 1 aliphatic carbocycles. The Morgan fingerprint density at radius 2 is 2.05 bits per heavy atom. The molecular weight excluding hydrogens is 292 g/mol. The van der Waals surface area contributed by atoms with Gasteiger partial charge in [-0.15, -0.1) is 0 Å². The summed E-state index contributed by atoms with van der Waals surface area (Å²) in [5.41, 5.74) is 10.5. The van der Waals surface area contributed by atoms with E-state index in [1.165, 1.54) is 13.0 Å². The van der Waals surface area contributed by atoms with Crippen LogP contribution in [0.2, 0.25) is 0 Å². The SMILES string of the molecule is C[C@@H](NC(=O)C1=C[C@@H](NC(=O)CCN)[C@@H](O)[C@H](O)C1)C(N)=O. The first-order chi connectivity index (χ1) is 10.3. The molecule has 0 heterocycles. The van der Waals surface area contributed by atoms with Crippen molar-refractivity contribution in [3.05, 3.63) is 11.6 Å². The zero-order valence-corrected chi connectivity index (χ0v) is 12.3. The number of nitrogens with two attached hydrogens (primary N) is 2. The topological polar surface area (TPSA) is 168 Å². The maximum atomic E-state index is 12.0. The molecule has 1 rings (SSSR count). The maximum absolute atomic E-state index is 12.0. The van der Waals surface area contributed by atoms with Crippen molar-refractivity contribution in [2.45, 2.75) is 44.1 Å². The minimum Gasteiger partial charge on any atom is -0.390 e. The summed E-state index contributed by atoms with van der Waals surface area (Å²) in [5, 5.41) is 24.6. The van der Waals surface area contributed by atoms with Gasteiger partial charge in [-0.3, -0.25) is 14.4 Å². The molecular formula is C13H22N4O5. The molecule has 124 valence electrons. The van der Waals surface area contributed by atoms with Crippen molar-refractivity contribution in [1.82, 2.24) is 10.6 Å². The van der Waals surface area contributed by atoms with E-state index in [4.69, 9.17) is 11.5 Å². The fourth-order valence-electron chi connectivity index (χ4n) is 2.01. The number of primary amides is 1. The van der Waals surface area contributed by atoms with Gasteiger partial charge in [-0.2, -0.15) is 0 Å². The maximum Gasteiger partial charge on any atom is 0.247 e. The van der Waals surface area contributed by atoms with Crippen LogP contribution in [-0.2, 0) is 14.4 Å². The largest absolute Gasteiger partial charge is 0.390 e. The van der Waals surface area contributed by atoms with E-state index in [0.717, 1.165) is 0 Å². The summed E-state index contributed by atoms with van der Waals surface area (Å²) in [7, 11) is 0. The molecule has 3 amide bonds. The van der Waals surface area contributed by atoms with Crippen LogP contribution < -0.4 is 22.1 Å². The summed E-state index contributed by atoms with van der Waals surface area (Å²) in [6, 6.07) is -1.78. The van der Waals surface area contributed by atoms with Gasteiger partial charge in [-0.05, 0) is 6.92 Å². The van der Waals surface area contributed by atoms with Gasteiger partial charge in [0.05, 0.1) is 12.1 Å². The number of hydrogen-bond acceptors (Lipinski definition) is 6. The highest BCUT2D eigenvalue weighted by Gasteiger charge is 2.33. The van der Waals surface area contributed by atoms with E-state index in [1.807, 2.05) is 0 Å². The molecule has 0 aromatic carbocycles. The Labute approximate surface area is 127 Å². The van der Waals surface area contributed by atoms with Crippen molar-refractivity contribution in [2.75, 3.05) is 6.54 Å². The summed E-state index contributed by atoms with van der Waals surface area (Å²) in [4.78, 5) is 34.5. The van der Waals surface area contributed by atoms with Crippen LogP contribution >= 0.6 is 0 Å².